The molecule has 0 aromatic heterocycles. The summed E-state index contributed by atoms with van der Waals surface area (Å²) in [5.74, 6) is 0. The Morgan fingerprint density at radius 2 is 2.07 bits per heavy atom. The number of rotatable bonds is 0. The van der Waals surface area contributed by atoms with E-state index in [1.54, 1.807) is 0 Å². The Hall–Kier alpha value is -2.09. The van der Waals surface area contributed by atoms with Crippen molar-refractivity contribution in [2.24, 2.45) is 4.99 Å². The molecule has 0 spiro atoms. The number of nitrogens with one attached hydrogen (secondary N) is 1. The molecule has 3 rings (SSSR count). The monoisotopic (exact) mass is 194 g/mol. The van der Waals surface area contributed by atoms with Crippen LogP contribution < -0.4 is 15.9 Å². The highest BCUT2D eigenvalue weighted by molar-refractivity contribution is 5.72. The second kappa shape index (κ2) is 3.24. The zero-order valence-corrected chi connectivity index (χ0v) is 8.14. The number of nitrogens with zero attached hydrogens (tertiary/aromatic N) is 1. The van der Waals surface area contributed by atoms with Gasteiger partial charge in [-0.2, -0.15) is 0 Å². The lowest BCUT2D eigenvalue weighted by Gasteiger charge is -2.09. The highest BCUT2D eigenvalue weighted by Crippen LogP contribution is 2.11. The maximum absolute atomic E-state index is 4.37. The van der Waals surface area contributed by atoms with E-state index in [4.69, 9.17) is 0 Å². The predicted octanol–water partition coefficient (Wildman–Crippen LogP) is 1.57. The Kier molecular flexibility index (Phi) is 1.78. The van der Waals surface area contributed by atoms with Gasteiger partial charge in [0.1, 0.15) is 0 Å². The first kappa shape index (κ1) is 8.24. The zero-order chi connectivity index (χ0) is 10.1. The van der Waals surface area contributed by atoms with E-state index in [1.165, 1.54) is 5.22 Å². The Labute approximate surface area is 87.7 Å². The molecule has 0 radical (unpaired) electrons. The zero-order valence-electron chi connectivity index (χ0n) is 8.14. The summed E-state index contributed by atoms with van der Waals surface area (Å²) in [6, 6.07) is 4.13. The molecular formula is C13H10N2. The summed E-state index contributed by atoms with van der Waals surface area (Å²) in [6.45, 7) is 0. The molecule has 1 N–H and O–H groups in total. The van der Waals surface area contributed by atoms with Crippen molar-refractivity contribution >= 4 is 17.8 Å². The maximum atomic E-state index is 4.37. The lowest BCUT2D eigenvalue weighted by Crippen LogP contribution is -2.19. The molecule has 0 amide bonds. The van der Waals surface area contributed by atoms with Gasteiger partial charge in [0.2, 0.25) is 0 Å². The summed E-state index contributed by atoms with van der Waals surface area (Å²) in [5.41, 5.74) is 2.29. The second-order valence-corrected chi connectivity index (χ2v) is 3.46. The maximum Gasteiger partial charge on any atom is 0.0723 e. The standard InChI is InChI=1S/C13H10N2/c1-2-8-14-12-7-6-10-4-3-9-15-13(10)11(12)5-1/h1-9,15H. The first-order valence-corrected chi connectivity index (χ1v) is 4.93. The lowest BCUT2D eigenvalue weighted by atomic mass is 10.1. The number of hydrogen-bond acceptors (Lipinski definition) is 2. The van der Waals surface area contributed by atoms with Gasteiger partial charge in [0.05, 0.1) is 11.0 Å². The van der Waals surface area contributed by atoms with Crippen molar-refractivity contribution in [3.05, 3.63) is 58.9 Å². The van der Waals surface area contributed by atoms with Crippen LogP contribution in [0.25, 0.3) is 12.2 Å². The van der Waals surface area contributed by atoms with Gasteiger partial charge >= 0.3 is 0 Å². The van der Waals surface area contributed by atoms with Crippen molar-refractivity contribution in [1.82, 2.24) is 0 Å². The average molecular weight is 194 g/mol. The molecule has 15 heavy (non-hydrogen) atoms. The van der Waals surface area contributed by atoms with Gasteiger partial charge in [0.25, 0.3) is 0 Å². The first-order chi connectivity index (χ1) is 7.45. The van der Waals surface area contributed by atoms with E-state index in [0.29, 0.717) is 0 Å². The quantitative estimate of drug-likeness (QED) is 0.666. The third-order valence-corrected chi connectivity index (χ3v) is 2.53. The molecule has 0 atom stereocenters. The Bertz CT molecular complexity index is 604. The molecule has 0 saturated carbocycles. The summed E-state index contributed by atoms with van der Waals surface area (Å²) in [7, 11) is 0. The van der Waals surface area contributed by atoms with Gasteiger partial charge in [-0.3, -0.25) is 4.99 Å². The van der Waals surface area contributed by atoms with E-state index < -0.39 is 0 Å². The van der Waals surface area contributed by atoms with Crippen molar-refractivity contribution in [2.45, 2.75) is 0 Å². The minimum atomic E-state index is 1.01. The molecule has 0 fully saturated rings. The number of hydrogen-bond donors (Lipinski definition) is 1. The van der Waals surface area contributed by atoms with E-state index in [1.807, 2.05) is 36.7 Å². The molecule has 2 aliphatic heterocycles. The summed E-state index contributed by atoms with van der Waals surface area (Å²) < 4.78 is 0. The van der Waals surface area contributed by atoms with Crippen LogP contribution in [0.3, 0.4) is 0 Å². The highest BCUT2D eigenvalue weighted by Gasteiger charge is 2.05. The number of allylic oxidation sites excluding steroid dienone is 3. The van der Waals surface area contributed by atoms with Crippen LogP contribution in [-0.2, 0) is 0 Å². The lowest BCUT2D eigenvalue weighted by molar-refractivity contribution is 1.31. The van der Waals surface area contributed by atoms with Gasteiger partial charge < -0.3 is 5.32 Å². The first-order valence-electron chi connectivity index (χ1n) is 4.93. The van der Waals surface area contributed by atoms with Crippen molar-refractivity contribution in [2.75, 3.05) is 5.32 Å². The van der Waals surface area contributed by atoms with Crippen LogP contribution in [0.2, 0.25) is 0 Å². The molecule has 0 aliphatic carbocycles. The largest absolute Gasteiger partial charge is 0.361 e. The summed E-state index contributed by atoms with van der Waals surface area (Å²) in [6.07, 6.45) is 13.9. The number of fused-ring (bicyclic) bond motifs is 3. The molecule has 1 aromatic carbocycles. The fourth-order valence-corrected chi connectivity index (χ4v) is 1.81. The van der Waals surface area contributed by atoms with Gasteiger partial charge in [-0.05, 0) is 23.4 Å². The van der Waals surface area contributed by atoms with Crippen LogP contribution in [0, 0.1) is 0 Å². The van der Waals surface area contributed by atoms with Gasteiger partial charge in [-0.1, -0.05) is 24.3 Å². The van der Waals surface area contributed by atoms with Gasteiger partial charge in [-0.15, -0.1) is 0 Å². The Morgan fingerprint density at radius 3 is 3.07 bits per heavy atom. The molecule has 2 aliphatic rings. The van der Waals surface area contributed by atoms with Gasteiger partial charge in [0, 0.05) is 18.0 Å². The Morgan fingerprint density at radius 1 is 1.07 bits per heavy atom. The minimum absolute atomic E-state index is 1.01. The van der Waals surface area contributed by atoms with Crippen LogP contribution in [0.4, 0.5) is 5.69 Å². The third-order valence-electron chi connectivity index (χ3n) is 2.53. The molecule has 1 aromatic rings. The van der Waals surface area contributed by atoms with Crippen LogP contribution >= 0.6 is 0 Å². The molecule has 0 unspecified atom stereocenters. The third kappa shape index (κ3) is 1.31. The van der Waals surface area contributed by atoms with Crippen molar-refractivity contribution in [3.8, 4) is 0 Å². The number of anilines is 1. The van der Waals surface area contributed by atoms with E-state index in [9.17, 15) is 0 Å². The van der Waals surface area contributed by atoms with Gasteiger partial charge in [0.15, 0.2) is 0 Å². The highest BCUT2D eigenvalue weighted by atomic mass is 14.9. The van der Waals surface area contributed by atoms with E-state index in [2.05, 4.69) is 28.5 Å². The normalized spacial score (nSPS) is 15.5. The van der Waals surface area contributed by atoms with Crippen LogP contribution in [-0.4, -0.2) is 0 Å². The summed E-state index contributed by atoms with van der Waals surface area (Å²) >= 11 is 0. The molecule has 0 bridgehead atoms. The van der Waals surface area contributed by atoms with E-state index in [0.717, 1.165) is 16.6 Å². The minimum Gasteiger partial charge on any atom is -0.361 e. The molecule has 2 nitrogen and oxygen atoms in total. The molecule has 2 heteroatoms. The number of benzene rings is 1. The van der Waals surface area contributed by atoms with Crippen molar-refractivity contribution < 1.29 is 0 Å². The molecule has 0 saturated heterocycles. The fourth-order valence-electron chi connectivity index (χ4n) is 1.81. The molecular weight excluding hydrogens is 184 g/mol. The van der Waals surface area contributed by atoms with Crippen molar-refractivity contribution in [1.29, 1.82) is 0 Å². The second-order valence-electron chi connectivity index (χ2n) is 3.46. The predicted molar refractivity (Wildman–Crippen MR) is 62.6 cm³/mol. The molecule has 72 valence electrons. The average Bonchev–Trinajstić information content (AvgIpc) is 2.54. The van der Waals surface area contributed by atoms with Crippen molar-refractivity contribution in [3.63, 3.8) is 0 Å². The topological polar surface area (TPSA) is 24.4 Å². The van der Waals surface area contributed by atoms with Gasteiger partial charge in [-0.25, -0.2) is 0 Å². The summed E-state index contributed by atoms with van der Waals surface area (Å²) in [4.78, 5) is 4.37. The summed E-state index contributed by atoms with van der Waals surface area (Å²) in [5, 5.41) is 5.48. The van der Waals surface area contributed by atoms with Crippen LogP contribution in [0.1, 0.15) is 5.56 Å². The smallest absolute Gasteiger partial charge is 0.0723 e. The van der Waals surface area contributed by atoms with Crippen LogP contribution in [0.15, 0.2) is 47.8 Å². The van der Waals surface area contributed by atoms with Crippen LogP contribution in [0.5, 0.6) is 0 Å². The SMILES string of the molecule is C1=CN=c2ccc3c(c2C=C1)NC=CC=3. The van der Waals surface area contributed by atoms with E-state index in [-0.39, 0.29) is 0 Å². The fraction of sp³-hybridized carbons (Fsp3) is 0. The van der Waals surface area contributed by atoms with E-state index >= 15 is 0 Å². The Balaban J connectivity index is 2.41. The molecule has 2 heterocycles.